The monoisotopic (exact) mass is 483 g/mol. The van der Waals surface area contributed by atoms with Crippen LogP contribution in [0.5, 0.6) is 0 Å². The van der Waals surface area contributed by atoms with E-state index in [1.54, 1.807) is 0 Å². The van der Waals surface area contributed by atoms with Crippen LogP contribution in [0, 0.1) is 34.0 Å². The Balaban J connectivity index is 1.68. The largest absolute Gasteiger partial charge is 0.307 e. The highest BCUT2D eigenvalue weighted by Crippen LogP contribution is 2.39. The summed E-state index contributed by atoms with van der Waals surface area (Å²) in [5, 5.41) is 32.6. The first kappa shape index (κ1) is 21.5. The Morgan fingerprint density at radius 1 is 0.447 bits per heavy atom. The lowest BCUT2D eigenvalue weighted by molar-refractivity contribution is 1.13. The van der Waals surface area contributed by atoms with Crippen molar-refractivity contribution in [1.82, 2.24) is 9.13 Å². The Kier molecular flexibility index (Phi) is 4.57. The van der Waals surface area contributed by atoms with Gasteiger partial charge in [-0.3, -0.25) is 0 Å². The van der Waals surface area contributed by atoms with Gasteiger partial charge in [-0.05, 0) is 72.8 Å². The molecule has 0 amide bonds. The number of para-hydroxylation sites is 2. The molecule has 0 aliphatic rings. The molecule has 7 rings (SSSR count). The topological polar surface area (TPSA) is 81.2 Å². The van der Waals surface area contributed by atoms with Crippen molar-refractivity contribution in [2.45, 2.75) is 0 Å². The number of hydrogen-bond donors (Lipinski definition) is 0. The van der Waals surface area contributed by atoms with Crippen LogP contribution in [0.15, 0.2) is 103 Å². The van der Waals surface area contributed by atoms with Gasteiger partial charge in [-0.25, -0.2) is 0 Å². The predicted octanol–water partition coefficient (Wildman–Crippen LogP) is 7.50. The van der Waals surface area contributed by atoms with E-state index in [9.17, 15) is 15.8 Å². The molecule has 0 N–H and O–H groups in total. The van der Waals surface area contributed by atoms with E-state index < -0.39 is 0 Å². The van der Waals surface area contributed by atoms with E-state index in [1.807, 2.05) is 78.9 Å². The zero-order chi connectivity index (χ0) is 25.8. The Hall–Kier alpha value is -5.83. The fourth-order valence-corrected chi connectivity index (χ4v) is 5.56. The van der Waals surface area contributed by atoms with Crippen LogP contribution in [-0.2, 0) is 0 Å². The summed E-state index contributed by atoms with van der Waals surface area (Å²) in [6.45, 7) is 0. The van der Waals surface area contributed by atoms with Crippen molar-refractivity contribution in [2.75, 3.05) is 0 Å². The van der Waals surface area contributed by atoms with E-state index in [4.69, 9.17) is 0 Å². The van der Waals surface area contributed by atoms with Crippen LogP contribution in [0.1, 0.15) is 16.7 Å². The number of nitriles is 3. The second-order valence-electron chi connectivity index (χ2n) is 9.21. The molecule has 0 aliphatic heterocycles. The number of nitrogens with zero attached hydrogens (tertiary/aromatic N) is 5. The smallest absolute Gasteiger partial charge is 0.0991 e. The van der Waals surface area contributed by atoms with Crippen molar-refractivity contribution in [3.05, 3.63) is 120 Å². The van der Waals surface area contributed by atoms with Gasteiger partial charge in [-0.2, -0.15) is 15.8 Å². The molecule has 2 aromatic heterocycles. The van der Waals surface area contributed by atoms with Crippen LogP contribution in [0.25, 0.3) is 55.0 Å². The van der Waals surface area contributed by atoms with Gasteiger partial charge in [-0.1, -0.05) is 30.3 Å². The molecule has 0 fully saturated rings. The molecule has 5 aromatic carbocycles. The molecule has 0 aliphatic carbocycles. The van der Waals surface area contributed by atoms with Crippen molar-refractivity contribution in [1.29, 1.82) is 15.8 Å². The van der Waals surface area contributed by atoms with Crippen LogP contribution < -0.4 is 0 Å². The van der Waals surface area contributed by atoms with Crippen molar-refractivity contribution >= 4 is 43.6 Å². The van der Waals surface area contributed by atoms with Gasteiger partial charge in [0.2, 0.25) is 0 Å². The van der Waals surface area contributed by atoms with Crippen molar-refractivity contribution in [3.8, 4) is 29.6 Å². The predicted molar refractivity (Wildman–Crippen MR) is 149 cm³/mol. The Bertz CT molecular complexity index is 2210. The summed E-state index contributed by atoms with van der Waals surface area (Å²) >= 11 is 0. The van der Waals surface area contributed by atoms with E-state index in [0.29, 0.717) is 16.7 Å². The fraction of sp³-hybridized carbons (Fsp3) is 0. The maximum atomic E-state index is 9.62. The molecule has 2 heterocycles. The molecule has 0 atom stereocenters. The van der Waals surface area contributed by atoms with Crippen LogP contribution in [0.2, 0.25) is 0 Å². The van der Waals surface area contributed by atoms with Gasteiger partial charge in [0, 0.05) is 27.2 Å². The normalized spacial score (nSPS) is 11.1. The number of aromatic nitrogens is 2. The molecule has 38 heavy (non-hydrogen) atoms. The molecule has 0 saturated carbocycles. The Morgan fingerprint density at radius 2 is 1.00 bits per heavy atom. The highest BCUT2D eigenvalue weighted by molar-refractivity contribution is 6.15. The molecular formula is C33H17N5. The first-order valence-corrected chi connectivity index (χ1v) is 12.1. The van der Waals surface area contributed by atoms with E-state index >= 15 is 0 Å². The molecule has 5 heteroatoms. The first-order chi connectivity index (χ1) is 18.7. The van der Waals surface area contributed by atoms with Gasteiger partial charge in [0.15, 0.2) is 0 Å². The molecular weight excluding hydrogens is 466 g/mol. The SMILES string of the molecule is N#Cc1ccc(-n2c3ccc(C#N)cc3c3cccc(-n4c5ccccc5c5cc(C#N)ccc54)c32)cc1. The summed E-state index contributed by atoms with van der Waals surface area (Å²) in [4.78, 5) is 0. The van der Waals surface area contributed by atoms with Crippen LogP contribution in [0.3, 0.4) is 0 Å². The van der Waals surface area contributed by atoms with Gasteiger partial charge in [0.1, 0.15) is 0 Å². The number of hydrogen-bond acceptors (Lipinski definition) is 3. The lowest BCUT2D eigenvalue weighted by Crippen LogP contribution is -2.00. The molecule has 7 aromatic rings. The number of rotatable bonds is 2. The highest BCUT2D eigenvalue weighted by atomic mass is 15.1. The second kappa shape index (κ2) is 8.10. The summed E-state index contributed by atoms with van der Waals surface area (Å²) < 4.78 is 4.45. The van der Waals surface area contributed by atoms with Crippen LogP contribution in [0.4, 0.5) is 0 Å². The zero-order valence-corrected chi connectivity index (χ0v) is 20.1. The summed E-state index contributed by atoms with van der Waals surface area (Å²) in [5.74, 6) is 0. The average Bonchev–Trinajstić information content (AvgIpc) is 3.49. The quantitative estimate of drug-likeness (QED) is 0.255. The third-order valence-electron chi connectivity index (χ3n) is 7.19. The molecule has 0 saturated heterocycles. The fourth-order valence-electron chi connectivity index (χ4n) is 5.56. The van der Waals surface area contributed by atoms with E-state index in [-0.39, 0.29) is 0 Å². The molecule has 174 valence electrons. The maximum Gasteiger partial charge on any atom is 0.0991 e. The van der Waals surface area contributed by atoms with Crippen molar-refractivity contribution in [2.24, 2.45) is 0 Å². The third-order valence-corrected chi connectivity index (χ3v) is 7.19. The minimum atomic E-state index is 0.595. The van der Waals surface area contributed by atoms with Gasteiger partial charge in [0.05, 0.1) is 62.7 Å². The lowest BCUT2D eigenvalue weighted by atomic mass is 10.1. The van der Waals surface area contributed by atoms with E-state index in [0.717, 1.165) is 55.0 Å². The lowest BCUT2D eigenvalue weighted by Gasteiger charge is -2.14. The van der Waals surface area contributed by atoms with Crippen LogP contribution in [-0.4, -0.2) is 9.13 Å². The van der Waals surface area contributed by atoms with Gasteiger partial charge >= 0.3 is 0 Å². The summed E-state index contributed by atoms with van der Waals surface area (Å²) in [6.07, 6.45) is 0. The zero-order valence-electron chi connectivity index (χ0n) is 20.1. The summed E-state index contributed by atoms with van der Waals surface area (Å²) in [6, 6.07) is 40.3. The molecule has 0 spiro atoms. The minimum absolute atomic E-state index is 0.595. The minimum Gasteiger partial charge on any atom is -0.307 e. The van der Waals surface area contributed by atoms with Gasteiger partial charge in [0.25, 0.3) is 0 Å². The summed E-state index contributed by atoms with van der Waals surface area (Å²) in [5.41, 5.74) is 7.74. The van der Waals surface area contributed by atoms with E-state index in [1.165, 1.54) is 0 Å². The first-order valence-electron chi connectivity index (χ1n) is 12.1. The molecule has 5 nitrogen and oxygen atoms in total. The standard InChI is InChI=1S/C33H17N5/c34-18-21-8-12-24(13-9-21)37-30-14-10-23(20-36)17-28(30)26-5-3-7-32(33(26)37)38-29-6-2-1-4-25(29)27-16-22(19-35)11-15-31(27)38/h1-17H. The number of fused-ring (bicyclic) bond motifs is 6. The summed E-state index contributed by atoms with van der Waals surface area (Å²) in [7, 11) is 0. The van der Waals surface area contributed by atoms with Crippen molar-refractivity contribution < 1.29 is 0 Å². The second-order valence-corrected chi connectivity index (χ2v) is 9.21. The molecule has 0 unspecified atom stereocenters. The number of benzene rings is 5. The van der Waals surface area contributed by atoms with E-state index in [2.05, 4.69) is 51.6 Å². The Morgan fingerprint density at radius 3 is 1.68 bits per heavy atom. The average molecular weight is 484 g/mol. The van der Waals surface area contributed by atoms with Crippen molar-refractivity contribution in [3.63, 3.8) is 0 Å². The van der Waals surface area contributed by atoms with Gasteiger partial charge in [-0.15, -0.1) is 0 Å². The Labute approximate surface area is 217 Å². The maximum absolute atomic E-state index is 9.62. The molecule has 0 radical (unpaired) electrons. The van der Waals surface area contributed by atoms with Gasteiger partial charge < -0.3 is 9.13 Å². The third kappa shape index (κ3) is 2.96. The molecule has 0 bridgehead atoms. The van der Waals surface area contributed by atoms with Crippen LogP contribution >= 0.6 is 0 Å². The highest BCUT2D eigenvalue weighted by Gasteiger charge is 2.20.